The molecule has 9 heteroatoms. The van der Waals surface area contributed by atoms with E-state index in [-0.39, 0.29) is 12.3 Å². The van der Waals surface area contributed by atoms with E-state index in [1.54, 1.807) is 83.3 Å². The molecule has 2 unspecified atom stereocenters. The molecule has 0 spiro atoms. The van der Waals surface area contributed by atoms with Gasteiger partial charge in [0.05, 0.1) is 7.11 Å². The van der Waals surface area contributed by atoms with Crippen molar-refractivity contribution in [3.63, 3.8) is 0 Å². The summed E-state index contributed by atoms with van der Waals surface area (Å²) < 4.78 is 10.5. The maximum absolute atomic E-state index is 13.6. The number of hydrogen-bond donors (Lipinski definition) is 3. The van der Waals surface area contributed by atoms with Crippen LogP contribution in [0.4, 0.5) is 10.5 Å². The third kappa shape index (κ3) is 7.95. The number of rotatable bonds is 9. The molecule has 2 rings (SSSR count). The number of anilines is 1. The Morgan fingerprint density at radius 2 is 1.69 bits per heavy atom. The summed E-state index contributed by atoms with van der Waals surface area (Å²) in [5, 5.41) is 5.42. The van der Waals surface area contributed by atoms with Gasteiger partial charge in [-0.05, 0) is 69.7 Å². The maximum Gasteiger partial charge on any atom is 0.408 e. The predicted molar refractivity (Wildman–Crippen MR) is 143 cm³/mol. The van der Waals surface area contributed by atoms with Crippen LogP contribution in [0.2, 0.25) is 0 Å². The summed E-state index contributed by atoms with van der Waals surface area (Å²) >= 11 is 4.25. The Morgan fingerprint density at radius 3 is 2.17 bits per heavy atom. The van der Waals surface area contributed by atoms with Crippen LogP contribution >= 0.6 is 12.6 Å². The highest BCUT2D eigenvalue weighted by Crippen LogP contribution is 2.25. The van der Waals surface area contributed by atoms with Crippen molar-refractivity contribution >= 4 is 36.2 Å². The van der Waals surface area contributed by atoms with Crippen LogP contribution in [0.5, 0.6) is 5.75 Å². The molecule has 2 aromatic carbocycles. The number of terminal acetylenes is 1. The first-order valence-electron chi connectivity index (χ1n) is 11.4. The van der Waals surface area contributed by atoms with Crippen molar-refractivity contribution in [1.82, 2.24) is 10.2 Å². The van der Waals surface area contributed by atoms with Gasteiger partial charge in [-0.15, -0.1) is 6.42 Å². The largest absolute Gasteiger partial charge is 0.497 e. The summed E-state index contributed by atoms with van der Waals surface area (Å²) in [4.78, 5) is 40.8. The van der Waals surface area contributed by atoms with Gasteiger partial charge in [0.2, 0.25) is 5.91 Å². The van der Waals surface area contributed by atoms with Gasteiger partial charge < -0.3 is 25.0 Å². The van der Waals surface area contributed by atoms with Gasteiger partial charge in [-0.25, -0.2) is 4.79 Å². The van der Waals surface area contributed by atoms with E-state index in [2.05, 4.69) is 29.2 Å². The second kappa shape index (κ2) is 12.9. The van der Waals surface area contributed by atoms with Gasteiger partial charge in [0.25, 0.3) is 5.91 Å². The number of amides is 3. The number of benzene rings is 2. The van der Waals surface area contributed by atoms with Crippen molar-refractivity contribution in [3.8, 4) is 18.1 Å². The summed E-state index contributed by atoms with van der Waals surface area (Å²) in [6, 6.07) is 11.7. The quantitative estimate of drug-likeness (QED) is 0.349. The van der Waals surface area contributed by atoms with E-state index in [0.717, 1.165) is 0 Å². The molecule has 0 saturated carbocycles. The Hall–Kier alpha value is -3.64. The van der Waals surface area contributed by atoms with Gasteiger partial charge in [-0.3, -0.25) is 9.59 Å². The molecule has 0 aromatic heterocycles. The first kappa shape index (κ1) is 28.6. The third-order valence-corrected chi connectivity index (χ3v) is 5.47. The van der Waals surface area contributed by atoms with Gasteiger partial charge in [0.15, 0.2) is 0 Å². The number of hydrogen-bond acceptors (Lipinski definition) is 6. The molecule has 0 bridgehead atoms. The molecule has 36 heavy (non-hydrogen) atoms. The minimum atomic E-state index is -1.01. The highest BCUT2D eigenvalue weighted by molar-refractivity contribution is 7.80. The summed E-state index contributed by atoms with van der Waals surface area (Å²) in [6.45, 7) is 7.12. The summed E-state index contributed by atoms with van der Waals surface area (Å²) in [6.07, 6.45) is 4.73. The van der Waals surface area contributed by atoms with E-state index >= 15 is 0 Å². The molecule has 8 nitrogen and oxygen atoms in total. The number of nitrogens with zero attached hydrogens (tertiary/aromatic N) is 1. The van der Waals surface area contributed by atoms with Crippen LogP contribution in [0.1, 0.15) is 44.9 Å². The summed E-state index contributed by atoms with van der Waals surface area (Å²) in [5.41, 5.74) is 0.998. The van der Waals surface area contributed by atoms with Crippen LogP contribution in [0.3, 0.4) is 0 Å². The van der Waals surface area contributed by atoms with Crippen molar-refractivity contribution in [2.75, 3.05) is 24.7 Å². The Labute approximate surface area is 218 Å². The minimum absolute atomic E-state index is 0.0113. The maximum atomic E-state index is 13.6. The Bertz CT molecular complexity index is 1090. The third-order valence-electron chi connectivity index (χ3n) is 5.11. The van der Waals surface area contributed by atoms with Crippen molar-refractivity contribution in [2.45, 2.75) is 45.4 Å². The lowest BCUT2D eigenvalue weighted by Gasteiger charge is -2.33. The first-order chi connectivity index (χ1) is 17.0. The second-order valence-corrected chi connectivity index (χ2v) is 9.26. The number of ether oxygens (including phenoxy) is 2. The van der Waals surface area contributed by atoms with Gasteiger partial charge in [0, 0.05) is 23.5 Å². The smallest absolute Gasteiger partial charge is 0.408 e. The van der Waals surface area contributed by atoms with E-state index in [0.29, 0.717) is 22.6 Å². The van der Waals surface area contributed by atoms with Crippen LogP contribution in [0, 0.1) is 12.3 Å². The van der Waals surface area contributed by atoms with E-state index in [1.807, 2.05) is 0 Å². The molecule has 0 aliphatic carbocycles. The number of methoxy groups -OCH3 is 1. The van der Waals surface area contributed by atoms with E-state index in [9.17, 15) is 14.4 Å². The molecule has 0 aliphatic rings. The van der Waals surface area contributed by atoms with Crippen LogP contribution in [0.15, 0.2) is 48.5 Å². The lowest BCUT2D eigenvalue weighted by Crippen LogP contribution is -2.53. The first-order valence-corrected chi connectivity index (χ1v) is 12.1. The molecule has 0 saturated heterocycles. The van der Waals surface area contributed by atoms with Crippen LogP contribution in [-0.2, 0) is 14.3 Å². The van der Waals surface area contributed by atoms with Gasteiger partial charge in [-0.1, -0.05) is 18.1 Å². The number of carbonyl (C=O) groups excluding carboxylic acids is 3. The Morgan fingerprint density at radius 1 is 1.08 bits per heavy atom. The molecular formula is C27H33N3O5S. The molecule has 3 amide bonds. The molecule has 2 N–H and O–H groups in total. The number of nitrogens with one attached hydrogen (secondary N) is 2. The topological polar surface area (TPSA) is 97.0 Å². The van der Waals surface area contributed by atoms with Crippen molar-refractivity contribution < 1.29 is 23.9 Å². The molecule has 0 heterocycles. The molecule has 2 atom stereocenters. The van der Waals surface area contributed by atoms with E-state index in [1.165, 1.54) is 4.90 Å². The van der Waals surface area contributed by atoms with Gasteiger partial charge in [0.1, 0.15) is 23.4 Å². The predicted octanol–water partition coefficient (Wildman–Crippen LogP) is 4.03. The van der Waals surface area contributed by atoms with Crippen molar-refractivity contribution in [1.29, 1.82) is 0 Å². The van der Waals surface area contributed by atoms with Crippen molar-refractivity contribution in [3.05, 3.63) is 59.7 Å². The average molecular weight is 512 g/mol. The summed E-state index contributed by atoms with van der Waals surface area (Å²) in [5.74, 6) is 2.29. The number of thiol groups is 1. The lowest BCUT2D eigenvalue weighted by molar-refractivity contribution is -0.140. The summed E-state index contributed by atoms with van der Waals surface area (Å²) in [7, 11) is 1.55. The van der Waals surface area contributed by atoms with Crippen LogP contribution in [-0.4, -0.2) is 53.9 Å². The molecule has 0 radical (unpaired) electrons. The van der Waals surface area contributed by atoms with Gasteiger partial charge >= 0.3 is 6.09 Å². The van der Waals surface area contributed by atoms with Gasteiger partial charge in [-0.2, -0.15) is 12.6 Å². The zero-order valence-corrected chi connectivity index (χ0v) is 22.1. The zero-order valence-electron chi connectivity index (χ0n) is 21.2. The van der Waals surface area contributed by atoms with Crippen LogP contribution < -0.4 is 15.4 Å². The monoisotopic (exact) mass is 511 g/mol. The minimum Gasteiger partial charge on any atom is -0.497 e. The number of carbonyl (C=O) groups is 3. The highest BCUT2D eigenvalue weighted by Gasteiger charge is 2.35. The standard InChI is InChI=1S/C27H33N3O5S/c1-7-18-9-11-19(12-10-18)23(24(31)28-20-13-15-21(34-6)16-14-20)30(8-2)25(32)22(17-36)29-26(33)35-27(3,4)5/h1,9-16,22-23,36H,8,17H2,2-6H3,(H,28,31)(H,29,33). The molecule has 192 valence electrons. The fourth-order valence-corrected chi connectivity index (χ4v) is 3.67. The normalized spacial score (nSPS) is 12.5. The van der Waals surface area contributed by atoms with E-state index in [4.69, 9.17) is 15.9 Å². The zero-order chi connectivity index (χ0) is 26.9. The fourth-order valence-electron chi connectivity index (χ4n) is 3.42. The number of likely N-dealkylation sites (N-methyl/N-ethyl adjacent to an activating group) is 1. The second-order valence-electron chi connectivity index (χ2n) is 8.89. The average Bonchev–Trinajstić information content (AvgIpc) is 2.84. The Kier molecular flexibility index (Phi) is 10.2. The number of alkyl carbamates (subject to hydrolysis) is 1. The lowest BCUT2D eigenvalue weighted by atomic mass is 10.0. The molecule has 2 aromatic rings. The van der Waals surface area contributed by atoms with Crippen LogP contribution in [0.25, 0.3) is 0 Å². The molecular weight excluding hydrogens is 478 g/mol. The highest BCUT2D eigenvalue weighted by atomic mass is 32.1. The molecule has 0 aliphatic heterocycles. The SMILES string of the molecule is C#Cc1ccc(C(C(=O)Nc2ccc(OC)cc2)N(CC)C(=O)C(CS)NC(=O)OC(C)(C)C)cc1. The Balaban J connectivity index is 2.39. The van der Waals surface area contributed by atoms with Crippen molar-refractivity contribution in [2.24, 2.45) is 0 Å². The molecule has 0 fully saturated rings. The van der Waals surface area contributed by atoms with E-state index < -0.39 is 35.6 Å². The fraction of sp³-hybridized carbons (Fsp3) is 0.370.